The lowest BCUT2D eigenvalue weighted by atomic mass is 9.92. The summed E-state index contributed by atoms with van der Waals surface area (Å²) in [6, 6.07) is 17.1. The zero-order chi connectivity index (χ0) is 15.9. The molecule has 122 valence electrons. The molecule has 1 aliphatic heterocycles. The molecule has 1 aromatic heterocycles. The lowest BCUT2D eigenvalue weighted by molar-refractivity contribution is 0.486. The summed E-state index contributed by atoms with van der Waals surface area (Å²) in [7, 11) is 0. The first kappa shape index (κ1) is 16.3. The quantitative estimate of drug-likeness (QED) is 0.792. The van der Waals surface area contributed by atoms with Crippen LogP contribution in [-0.4, -0.2) is 22.4 Å². The van der Waals surface area contributed by atoms with Crippen LogP contribution < -0.4 is 4.72 Å². The summed E-state index contributed by atoms with van der Waals surface area (Å²) in [4.78, 5) is 4.60. The summed E-state index contributed by atoms with van der Waals surface area (Å²) in [6.45, 7) is 4.39. The van der Waals surface area contributed by atoms with Gasteiger partial charge in [-0.3, -0.25) is 0 Å². The number of hydrogen-bond acceptors (Lipinski definition) is 4. The summed E-state index contributed by atoms with van der Waals surface area (Å²) < 4.78 is 5.84. The minimum absolute atomic E-state index is 0.698. The number of hydrogen-bond donors (Lipinski definition) is 1. The number of nitrogens with one attached hydrogen (secondary N) is 1. The zero-order valence-corrected chi connectivity index (χ0v) is 14.6. The van der Waals surface area contributed by atoms with Crippen molar-refractivity contribution >= 4 is 18.0 Å². The molecule has 3 nitrogen and oxygen atoms in total. The Kier molecular flexibility index (Phi) is 5.94. The van der Waals surface area contributed by atoms with Gasteiger partial charge in [0.2, 0.25) is 0 Å². The average molecular weight is 327 g/mol. The van der Waals surface area contributed by atoms with Gasteiger partial charge in [-0.1, -0.05) is 43.3 Å². The molecule has 0 spiro atoms. The van der Waals surface area contributed by atoms with E-state index in [1.54, 1.807) is 12.1 Å². The Hall–Kier alpha value is -1.52. The van der Waals surface area contributed by atoms with E-state index in [4.69, 9.17) is 0 Å². The summed E-state index contributed by atoms with van der Waals surface area (Å²) in [5, 5.41) is 0. The van der Waals surface area contributed by atoms with Gasteiger partial charge in [-0.25, -0.2) is 9.29 Å². The molecule has 4 heteroatoms. The molecule has 1 fully saturated rings. The molecule has 1 atom stereocenters. The van der Waals surface area contributed by atoms with E-state index in [1.807, 2.05) is 6.07 Å². The summed E-state index contributed by atoms with van der Waals surface area (Å²) in [6.07, 6.45) is 4.73. The molecule has 1 aliphatic rings. The van der Waals surface area contributed by atoms with Gasteiger partial charge in [0, 0.05) is 30.9 Å². The SMILES string of the molecule is CCc1cccc(NSN2CCCC(c3ccccc3)CC2)n1. The van der Waals surface area contributed by atoms with Crippen LogP contribution in [0.15, 0.2) is 48.5 Å². The lowest BCUT2D eigenvalue weighted by Gasteiger charge is -2.19. The van der Waals surface area contributed by atoms with Crippen LogP contribution in [0.2, 0.25) is 0 Å². The Balaban J connectivity index is 1.52. The Morgan fingerprint density at radius 1 is 1.09 bits per heavy atom. The predicted octanol–water partition coefficient (Wildman–Crippen LogP) is 4.89. The summed E-state index contributed by atoms with van der Waals surface area (Å²) in [5.41, 5.74) is 2.63. The Morgan fingerprint density at radius 2 is 1.96 bits per heavy atom. The number of aryl methyl sites for hydroxylation is 1. The molecule has 0 aliphatic carbocycles. The third-order valence-corrected chi connectivity index (χ3v) is 5.33. The topological polar surface area (TPSA) is 28.2 Å². The minimum atomic E-state index is 0.698. The van der Waals surface area contributed by atoms with E-state index < -0.39 is 0 Å². The molecule has 1 N–H and O–H groups in total. The normalized spacial score (nSPS) is 19.3. The van der Waals surface area contributed by atoms with Crippen LogP contribution in [0, 0.1) is 0 Å². The fourth-order valence-electron chi connectivity index (χ4n) is 3.06. The van der Waals surface area contributed by atoms with Gasteiger partial charge in [0.25, 0.3) is 0 Å². The van der Waals surface area contributed by atoms with Gasteiger partial charge in [-0.15, -0.1) is 0 Å². The van der Waals surface area contributed by atoms with E-state index in [0.29, 0.717) is 5.92 Å². The first-order valence-corrected chi connectivity index (χ1v) is 9.31. The smallest absolute Gasteiger partial charge is 0.137 e. The number of pyridine rings is 1. The largest absolute Gasteiger partial charge is 0.301 e. The molecule has 2 heterocycles. The van der Waals surface area contributed by atoms with Crippen LogP contribution in [0.1, 0.15) is 43.4 Å². The monoisotopic (exact) mass is 327 g/mol. The number of benzene rings is 1. The van der Waals surface area contributed by atoms with E-state index >= 15 is 0 Å². The van der Waals surface area contributed by atoms with Crippen LogP contribution in [0.4, 0.5) is 5.82 Å². The second-order valence-electron chi connectivity index (χ2n) is 6.03. The molecule has 1 aromatic carbocycles. The van der Waals surface area contributed by atoms with Crippen molar-refractivity contribution in [1.29, 1.82) is 0 Å². The molecule has 0 saturated carbocycles. The highest BCUT2D eigenvalue weighted by molar-refractivity contribution is 7.98. The molecule has 0 amide bonds. The molecule has 2 aromatic rings. The predicted molar refractivity (Wildman–Crippen MR) is 99.4 cm³/mol. The zero-order valence-electron chi connectivity index (χ0n) is 13.7. The highest BCUT2D eigenvalue weighted by atomic mass is 32.2. The maximum atomic E-state index is 4.60. The molecule has 0 radical (unpaired) electrons. The molecular formula is C19H25N3S. The molecule has 23 heavy (non-hydrogen) atoms. The van der Waals surface area contributed by atoms with E-state index in [-0.39, 0.29) is 0 Å². The van der Waals surface area contributed by atoms with Crippen molar-refractivity contribution in [3.63, 3.8) is 0 Å². The molecule has 1 unspecified atom stereocenters. The number of nitrogens with zero attached hydrogens (tertiary/aromatic N) is 2. The third-order valence-electron chi connectivity index (χ3n) is 4.41. The highest BCUT2D eigenvalue weighted by Crippen LogP contribution is 2.30. The third kappa shape index (κ3) is 4.72. The van der Waals surface area contributed by atoms with Gasteiger partial charge >= 0.3 is 0 Å². The van der Waals surface area contributed by atoms with Crippen LogP contribution in [0.5, 0.6) is 0 Å². The maximum Gasteiger partial charge on any atom is 0.137 e. The van der Waals surface area contributed by atoms with Gasteiger partial charge in [0.05, 0.1) is 0 Å². The van der Waals surface area contributed by atoms with Gasteiger partial charge in [0.1, 0.15) is 5.82 Å². The summed E-state index contributed by atoms with van der Waals surface area (Å²) >= 11 is 1.70. The van der Waals surface area contributed by atoms with E-state index in [1.165, 1.54) is 24.8 Å². The van der Waals surface area contributed by atoms with Crippen molar-refractivity contribution in [1.82, 2.24) is 9.29 Å². The molecule has 1 saturated heterocycles. The fourth-order valence-corrected chi connectivity index (χ4v) is 3.82. The van der Waals surface area contributed by atoms with Crippen LogP contribution in [0.3, 0.4) is 0 Å². The first-order valence-electron chi connectivity index (χ1n) is 8.54. The number of rotatable bonds is 5. The molecular weight excluding hydrogens is 302 g/mol. The average Bonchev–Trinajstić information content (AvgIpc) is 2.86. The van der Waals surface area contributed by atoms with Gasteiger partial charge < -0.3 is 4.72 Å². The van der Waals surface area contributed by atoms with E-state index in [9.17, 15) is 0 Å². The second kappa shape index (κ2) is 8.37. The first-order chi connectivity index (χ1) is 11.3. The fraction of sp³-hybridized carbons (Fsp3) is 0.421. The lowest BCUT2D eigenvalue weighted by Crippen LogP contribution is -2.19. The second-order valence-corrected chi connectivity index (χ2v) is 6.93. The van der Waals surface area contributed by atoms with Crippen molar-refractivity contribution in [3.05, 3.63) is 59.8 Å². The van der Waals surface area contributed by atoms with Crippen LogP contribution >= 0.6 is 12.1 Å². The van der Waals surface area contributed by atoms with Crippen LogP contribution in [0.25, 0.3) is 0 Å². The maximum absolute atomic E-state index is 4.60. The highest BCUT2D eigenvalue weighted by Gasteiger charge is 2.18. The van der Waals surface area contributed by atoms with E-state index in [2.05, 4.69) is 63.4 Å². The van der Waals surface area contributed by atoms with Crippen molar-refractivity contribution < 1.29 is 0 Å². The van der Waals surface area contributed by atoms with Gasteiger partial charge in [-0.2, -0.15) is 0 Å². The summed E-state index contributed by atoms with van der Waals surface area (Å²) in [5.74, 6) is 1.65. The van der Waals surface area contributed by atoms with Crippen LogP contribution in [-0.2, 0) is 6.42 Å². The van der Waals surface area contributed by atoms with Crippen molar-refractivity contribution in [3.8, 4) is 0 Å². The molecule has 0 bridgehead atoms. The van der Waals surface area contributed by atoms with Gasteiger partial charge in [-0.05, 0) is 49.3 Å². The van der Waals surface area contributed by atoms with Crippen molar-refractivity contribution in [2.75, 3.05) is 17.8 Å². The Morgan fingerprint density at radius 3 is 2.78 bits per heavy atom. The van der Waals surface area contributed by atoms with Gasteiger partial charge in [0.15, 0.2) is 0 Å². The van der Waals surface area contributed by atoms with Crippen molar-refractivity contribution in [2.45, 2.75) is 38.5 Å². The Labute approximate surface area is 143 Å². The minimum Gasteiger partial charge on any atom is -0.301 e. The standard InChI is InChI=1S/C19H25N3S/c1-2-18-11-6-12-19(20-18)21-23-22-14-7-10-17(13-15-22)16-8-4-3-5-9-16/h3-6,8-9,11-12,17H,2,7,10,13-15H2,1H3,(H,20,21). The van der Waals surface area contributed by atoms with E-state index in [0.717, 1.165) is 31.0 Å². The number of anilines is 1. The molecule has 3 rings (SSSR count). The number of aromatic nitrogens is 1. The Bertz CT molecular complexity index is 603. The van der Waals surface area contributed by atoms with Crippen molar-refractivity contribution in [2.24, 2.45) is 0 Å².